The third-order valence-electron chi connectivity index (χ3n) is 10.4. The van der Waals surface area contributed by atoms with E-state index in [0.717, 1.165) is 44.9 Å². The van der Waals surface area contributed by atoms with Crippen LogP contribution in [0.2, 0.25) is 0 Å². The van der Waals surface area contributed by atoms with Gasteiger partial charge >= 0.3 is 0 Å². The van der Waals surface area contributed by atoms with Crippen molar-refractivity contribution in [2.24, 2.45) is 0 Å². The molecule has 0 N–H and O–H groups in total. The molecule has 0 fully saturated rings. The van der Waals surface area contributed by atoms with E-state index in [4.69, 9.17) is 4.42 Å². The third-order valence-corrected chi connectivity index (χ3v) is 10.4. The zero-order valence-electron chi connectivity index (χ0n) is 29.6. The van der Waals surface area contributed by atoms with Gasteiger partial charge in [-0.05, 0) is 116 Å². The summed E-state index contributed by atoms with van der Waals surface area (Å²) in [6, 6.07) is 76.0. The summed E-state index contributed by atoms with van der Waals surface area (Å²) in [6.07, 6.45) is 0. The van der Waals surface area contributed by atoms with Gasteiger partial charge in [0.25, 0.3) is 0 Å². The standard InChI is InChI=1S/C52H35NO/c1-2-10-36(11-3-1)37-22-27-46(28-23-37)53(47-29-24-39(25-30-47)50-18-9-14-38-12-4-6-17-49(38)50)48-31-26-42-32-41(20-21-43(42)34-48)40-15-8-16-44(33-40)52-35-45-13-5-7-19-51(45)54-52/h1-35H. The molecule has 0 bridgehead atoms. The van der Waals surface area contributed by atoms with E-state index in [2.05, 4.69) is 199 Å². The number of hydrogen-bond acceptors (Lipinski definition) is 2. The van der Waals surface area contributed by atoms with Crippen LogP contribution in [0.1, 0.15) is 0 Å². The molecule has 9 aromatic carbocycles. The van der Waals surface area contributed by atoms with Crippen molar-refractivity contribution in [3.8, 4) is 44.7 Å². The largest absolute Gasteiger partial charge is 0.456 e. The second-order valence-electron chi connectivity index (χ2n) is 13.8. The van der Waals surface area contributed by atoms with Gasteiger partial charge in [-0.1, -0.05) is 152 Å². The average molecular weight is 690 g/mol. The van der Waals surface area contributed by atoms with Crippen molar-refractivity contribution in [2.75, 3.05) is 4.90 Å². The van der Waals surface area contributed by atoms with Crippen molar-refractivity contribution < 1.29 is 4.42 Å². The Morgan fingerprint density at radius 1 is 0.296 bits per heavy atom. The van der Waals surface area contributed by atoms with E-state index in [1.165, 1.54) is 49.4 Å². The molecule has 0 saturated heterocycles. The number of para-hydroxylation sites is 1. The van der Waals surface area contributed by atoms with Crippen LogP contribution in [0.25, 0.3) is 77.2 Å². The van der Waals surface area contributed by atoms with Gasteiger partial charge in [0.05, 0.1) is 0 Å². The number of fused-ring (bicyclic) bond motifs is 3. The minimum absolute atomic E-state index is 0.880. The number of benzene rings is 9. The molecule has 2 heteroatoms. The molecule has 0 aliphatic heterocycles. The van der Waals surface area contributed by atoms with Gasteiger partial charge in [-0.2, -0.15) is 0 Å². The third kappa shape index (κ3) is 5.90. The van der Waals surface area contributed by atoms with Gasteiger partial charge in [-0.15, -0.1) is 0 Å². The van der Waals surface area contributed by atoms with Crippen molar-refractivity contribution in [1.82, 2.24) is 0 Å². The Kier molecular flexibility index (Phi) is 7.85. The summed E-state index contributed by atoms with van der Waals surface area (Å²) in [5, 5.41) is 5.99. The molecule has 0 saturated carbocycles. The van der Waals surface area contributed by atoms with Crippen LogP contribution in [0.4, 0.5) is 17.1 Å². The molecule has 1 aromatic heterocycles. The Morgan fingerprint density at radius 3 is 1.67 bits per heavy atom. The van der Waals surface area contributed by atoms with Crippen LogP contribution in [0.3, 0.4) is 0 Å². The zero-order chi connectivity index (χ0) is 35.8. The lowest BCUT2D eigenvalue weighted by atomic mass is 9.97. The van der Waals surface area contributed by atoms with Crippen molar-refractivity contribution >= 4 is 49.6 Å². The van der Waals surface area contributed by atoms with Crippen LogP contribution in [-0.4, -0.2) is 0 Å². The topological polar surface area (TPSA) is 16.4 Å². The van der Waals surface area contributed by atoms with Crippen LogP contribution < -0.4 is 4.90 Å². The normalized spacial score (nSPS) is 11.3. The van der Waals surface area contributed by atoms with Crippen LogP contribution in [0, 0.1) is 0 Å². The van der Waals surface area contributed by atoms with Crippen LogP contribution in [0.15, 0.2) is 217 Å². The Labute approximate surface area is 314 Å². The lowest BCUT2D eigenvalue weighted by Gasteiger charge is -2.26. The van der Waals surface area contributed by atoms with Crippen LogP contribution >= 0.6 is 0 Å². The molecule has 254 valence electrons. The number of rotatable bonds is 7. The van der Waals surface area contributed by atoms with Crippen molar-refractivity contribution in [1.29, 1.82) is 0 Å². The average Bonchev–Trinajstić information content (AvgIpc) is 3.69. The maximum Gasteiger partial charge on any atom is 0.135 e. The van der Waals surface area contributed by atoms with Gasteiger partial charge < -0.3 is 9.32 Å². The molecule has 10 rings (SSSR count). The molecule has 0 aliphatic carbocycles. The highest BCUT2D eigenvalue weighted by Gasteiger charge is 2.15. The molecule has 0 atom stereocenters. The summed E-state index contributed by atoms with van der Waals surface area (Å²) < 4.78 is 6.19. The molecule has 54 heavy (non-hydrogen) atoms. The molecule has 1 heterocycles. The first kappa shape index (κ1) is 31.6. The highest BCUT2D eigenvalue weighted by atomic mass is 16.3. The highest BCUT2D eigenvalue weighted by molar-refractivity contribution is 5.97. The first-order valence-corrected chi connectivity index (χ1v) is 18.4. The number of hydrogen-bond donors (Lipinski definition) is 0. The predicted molar refractivity (Wildman–Crippen MR) is 228 cm³/mol. The van der Waals surface area contributed by atoms with Crippen LogP contribution in [-0.2, 0) is 0 Å². The monoisotopic (exact) mass is 689 g/mol. The second kappa shape index (κ2) is 13.4. The molecule has 0 spiro atoms. The van der Waals surface area contributed by atoms with E-state index >= 15 is 0 Å². The fourth-order valence-electron chi connectivity index (χ4n) is 7.68. The molecule has 10 aromatic rings. The van der Waals surface area contributed by atoms with E-state index in [9.17, 15) is 0 Å². The smallest absolute Gasteiger partial charge is 0.135 e. The van der Waals surface area contributed by atoms with E-state index in [1.807, 2.05) is 18.2 Å². The van der Waals surface area contributed by atoms with Gasteiger partial charge in [0.15, 0.2) is 0 Å². The first-order chi connectivity index (χ1) is 26.7. The number of anilines is 3. The SMILES string of the molecule is c1ccc(-c2ccc(N(c3ccc(-c4cccc5ccccc45)cc3)c3ccc4cc(-c5cccc(-c6cc7ccccc7o6)c5)ccc4c3)cc2)cc1. The molecular formula is C52H35NO. The Bertz CT molecular complexity index is 2880. The van der Waals surface area contributed by atoms with E-state index in [-0.39, 0.29) is 0 Å². The summed E-state index contributed by atoms with van der Waals surface area (Å²) >= 11 is 0. The minimum Gasteiger partial charge on any atom is -0.456 e. The molecular weight excluding hydrogens is 655 g/mol. The Balaban J connectivity index is 1.02. The number of nitrogens with zero attached hydrogens (tertiary/aromatic N) is 1. The van der Waals surface area contributed by atoms with Crippen molar-refractivity contribution in [2.45, 2.75) is 0 Å². The zero-order valence-corrected chi connectivity index (χ0v) is 29.6. The summed E-state index contributed by atoms with van der Waals surface area (Å²) in [4.78, 5) is 2.35. The van der Waals surface area contributed by atoms with E-state index in [1.54, 1.807) is 0 Å². The van der Waals surface area contributed by atoms with Crippen LogP contribution in [0.5, 0.6) is 0 Å². The first-order valence-electron chi connectivity index (χ1n) is 18.4. The summed E-state index contributed by atoms with van der Waals surface area (Å²) in [6.45, 7) is 0. The maximum absolute atomic E-state index is 6.19. The summed E-state index contributed by atoms with van der Waals surface area (Å²) in [5.41, 5.74) is 12.5. The fourth-order valence-corrected chi connectivity index (χ4v) is 7.68. The quantitative estimate of drug-likeness (QED) is 0.166. The molecule has 2 nitrogen and oxygen atoms in total. The fraction of sp³-hybridized carbons (Fsp3) is 0. The minimum atomic E-state index is 0.880. The van der Waals surface area contributed by atoms with Crippen molar-refractivity contribution in [3.63, 3.8) is 0 Å². The van der Waals surface area contributed by atoms with Gasteiger partial charge in [-0.3, -0.25) is 0 Å². The predicted octanol–water partition coefficient (Wildman–Crippen LogP) is 14.9. The van der Waals surface area contributed by atoms with Gasteiger partial charge in [0.1, 0.15) is 11.3 Å². The maximum atomic E-state index is 6.19. The summed E-state index contributed by atoms with van der Waals surface area (Å²) in [5.74, 6) is 0.880. The lowest BCUT2D eigenvalue weighted by Crippen LogP contribution is -2.09. The molecule has 0 radical (unpaired) electrons. The van der Waals surface area contributed by atoms with E-state index in [0.29, 0.717) is 0 Å². The second-order valence-corrected chi connectivity index (χ2v) is 13.8. The van der Waals surface area contributed by atoms with Crippen molar-refractivity contribution in [3.05, 3.63) is 212 Å². The lowest BCUT2D eigenvalue weighted by molar-refractivity contribution is 0.631. The Hall–Kier alpha value is -7.16. The summed E-state index contributed by atoms with van der Waals surface area (Å²) in [7, 11) is 0. The van der Waals surface area contributed by atoms with Gasteiger partial charge in [0.2, 0.25) is 0 Å². The van der Waals surface area contributed by atoms with Gasteiger partial charge in [-0.25, -0.2) is 0 Å². The van der Waals surface area contributed by atoms with E-state index < -0.39 is 0 Å². The molecule has 0 amide bonds. The van der Waals surface area contributed by atoms with Gasteiger partial charge in [0, 0.05) is 28.0 Å². The number of furan rings is 1. The Morgan fingerprint density at radius 2 is 0.852 bits per heavy atom. The highest BCUT2D eigenvalue weighted by Crippen LogP contribution is 2.40. The molecule has 0 aliphatic rings. The molecule has 0 unspecified atom stereocenters.